The van der Waals surface area contributed by atoms with E-state index in [1.807, 2.05) is 4.90 Å². The van der Waals surface area contributed by atoms with Crippen molar-refractivity contribution in [2.45, 2.75) is 25.6 Å². The molecule has 1 saturated heterocycles. The summed E-state index contributed by atoms with van der Waals surface area (Å²) in [5.41, 5.74) is 5.13. The second-order valence-electron chi connectivity index (χ2n) is 4.90. The molecule has 1 aliphatic rings. The number of aromatic nitrogens is 1. The van der Waals surface area contributed by atoms with Gasteiger partial charge in [0.1, 0.15) is 5.82 Å². The Balaban J connectivity index is 2.22. The molecule has 1 aliphatic heterocycles. The first kappa shape index (κ1) is 14.4. The molecule has 0 aromatic carbocycles. The van der Waals surface area contributed by atoms with Gasteiger partial charge in [0, 0.05) is 25.3 Å². The van der Waals surface area contributed by atoms with E-state index in [2.05, 4.69) is 11.9 Å². The summed E-state index contributed by atoms with van der Waals surface area (Å²) in [6.45, 7) is 3.32. The zero-order valence-electron chi connectivity index (χ0n) is 10.4. The smallest absolute Gasteiger partial charge is 0.354 e. The molecule has 0 radical (unpaired) electrons. The molecule has 0 spiro atoms. The zero-order valence-corrected chi connectivity index (χ0v) is 11.2. The summed E-state index contributed by atoms with van der Waals surface area (Å²) in [4.78, 5) is 5.69. The van der Waals surface area contributed by atoms with Crippen LogP contribution in [-0.2, 0) is 6.18 Å². The van der Waals surface area contributed by atoms with Crippen LogP contribution >= 0.6 is 11.6 Å². The maximum Gasteiger partial charge on any atom is 0.417 e. The van der Waals surface area contributed by atoms with Crippen molar-refractivity contribution in [2.75, 3.05) is 18.0 Å². The summed E-state index contributed by atoms with van der Waals surface area (Å²) in [5, 5.41) is 0.0107. The molecule has 1 fully saturated rings. The molecule has 3 nitrogen and oxygen atoms in total. The van der Waals surface area contributed by atoms with Gasteiger partial charge in [0.2, 0.25) is 0 Å². The van der Waals surface area contributed by atoms with E-state index >= 15 is 0 Å². The Hall–Kier alpha value is -1.01. The van der Waals surface area contributed by atoms with Gasteiger partial charge >= 0.3 is 6.18 Å². The van der Waals surface area contributed by atoms with Crippen LogP contribution < -0.4 is 10.6 Å². The third-order valence-corrected chi connectivity index (χ3v) is 3.74. The van der Waals surface area contributed by atoms with Crippen LogP contribution in [0.25, 0.3) is 0 Å². The molecule has 0 bridgehead atoms. The first-order valence-electron chi connectivity index (χ1n) is 6.02. The second-order valence-corrected chi connectivity index (χ2v) is 5.31. The predicted molar refractivity (Wildman–Crippen MR) is 68.2 cm³/mol. The van der Waals surface area contributed by atoms with Crippen LogP contribution in [0.15, 0.2) is 12.3 Å². The van der Waals surface area contributed by atoms with E-state index < -0.39 is 11.7 Å². The Kier molecular flexibility index (Phi) is 3.92. The summed E-state index contributed by atoms with van der Waals surface area (Å²) in [6.07, 6.45) is -2.74. The van der Waals surface area contributed by atoms with E-state index in [1.54, 1.807) is 0 Å². The van der Waals surface area contributed by atoms with Gasteiger partial charge in [-0.05, 0) is 18.4 Å². The molecule has 1 aromatic heterocycles. The molecule has 19 heavy (non-hydrogen) atoms. The highest BCUT2D eigenvalue weighted by atomic mass is 35.5. The molecule has 2 N–H and O–H groups in total. The lowest BCUT2D eigenvalue weighted by molar-refractivity contribution is -0.137. The minimum absolute atomic E-state index is 0.0107. The molecule has 0 amide bonds. The molecule has 106 valence electrons. The number of rotatable bonds is 1. The number of nitrogens with zero attached hydrogens (tertiary/aromatic N) is 2. The number of hydrogen-bond acceptors (Lipinski definition) is 3. The Morgan fingerprint density at radius 3 is 2.68 bits per heavy atom. The summed E-state index contributed by atoms with van der Waals surface area (Å²) in [7, 11) is 0. The molecule has 7 heteroatoms. The first-order chi connectivity index (χ1) is 8.79. The second kappa shape index (κ2) is 5.17. The third-order valence-electron chi connectivity index (χ3n) is 3.47. The summed E-state index contributed by atoms with van der Waals surface area (Å²) in [5.74, 6) is 0.765. The van der Waals surface area contributed by atoms with Crippen LogP contribution in [0.1, 0.15) is 18.9 Å². The molecule has 1 aromatic rings. The van der Waals surface area contributed by atoms with E-state index in [0.717, 1.165) is 18.7 Å². The van der Waals surface area contributed by atoms with E-state index in [1.165, 1.54) is 0 Å². The largest absolute Gasteiger partial charge is 0.417 e. The highest BCUT2D eigenvalue weighted by Gasteiger charge is 2.32. The molecule has 2 heterocycles. The van der Waals surface area contributed by atoms with Gasteiger partial charge in [-0.25, -0.2) is 4.98 Å². The van der Waals surface area contributed by atoms with Crippen molar-refractivity contribution < 1.29 is 13.2 Å². The van der Waals surface area contributed by atoms with Crippen molar-refractivity contribution in [3.63, 3.8) is 0 Å². The van der Waals surface area contributed by atoms with Gasteiger partial charge in [-0.2, -0.15) is 13.2 Å². The van der Waals surface area contributed by atoms with Crippen LogP contribution in [-0.4, -0.2) is 24.1 Å². The Labute approximate surface area is 114 Å². The fourth-order valence-corrected chi connectivity index (χ4v) is 2.40. The van der Waals surface area contributed by atoms with Gasteiger partial charge in [-0.3, -0.25) is 0 Å². The van der Waals surface area contributed by atoms with Crippen LogP contribution in [0.4, 0.5) is 19.0 Å². The van der Waals surface area contributed by atoms with E-state index in [9.17, 15) is 13.2 Å². The standard InChI is InChI=1S/C12H15ClF3N3/c1-7-2-3-19(6-10(7)17)11-9(13)4-8(5-18-11)12(14,15)16/h4-5,7,10H,2-3,6,17H2,1H3. The lowest BCUT2D eigenvalue weighted by atomic mass is 9.94. The molecular formula is C12H15ClF3N3. The van der Waals surface area contributed by atoms with Crippen LogP contribution in [0, 0.1) is 5.92 Å². The van der Waals surface area contributed by atoms with Gasteiger partial charge in [-0.15, -0.1) is 0 Å². The van der Waals surface area contributed by atoms with Crippen molar-refractivity contribution in [3.8, 4) is 0 Å². The van der Waals surface area contributed by atoms with E-state index in [0.29, 0.717) is 24.8 Å². The van der Waals surface area contributed by atoms with Gasteiger partial charge in [0.15, 0.2) is 0 Å². The summed E-state index contributed by atoms with van der Waals surface area (Å²) in [6, 6.07) is 0.891. The fraction of sp³-hybridized carbons (Fsp3) is 0.583. The Morgan fingerprint density at radius 1 is 1.47 bits per heavy atom. The SMILES string of the molecule is CC1CCN(c2ncc(C(F)(F)F)cc2Cl)CC1N. The molecule has 0 saturated carbocycles. The minimum atomic E-state index is -4.43. The fourth-order valence-electron chi connectivity index (χ4n) is 2.11. The molecule has 0 aliphatic carbocycles. The topological polar surface area (TPSA) is 42.2 Å². The quantitative estimate of drug-likeness (QED) is 0.866. The lowest BCUT2D eigenvalue weighted by Gasteiger charge is -2.36. The Bertz CT molecular complexity index is 464. The van der Waals surface area contributed by atoms with Crippen molar-refractivity contribution in [3.05, 3.63) is 22.8 Å². The molecule has 2 atom stereocenters. The summed E-state index contributed by atoms with van der Waals surface area (Å²) < 4.78 is 37.6. The van der Waals surface area contributed by atoms with Crippen LogP contribution in [0.5, 0.6) is 0 Å². The number of hydrogen-bond donors (Lipinski definition) is 1. The van der Waals surface area contributed by atoms with Gasteiger partial charge in [-0.1, -0.05) is 18.5 Å². The van der Waals surface area contributed by atoms with Gasteiger partial charge in [0.25, 0.3) is 0 Å². The third kappa shape index (κ3) is 3.12. The average Bonchev–Trinajstić information content (AvgIpc) is 2.31. The summed E-state index contributed by atoms with van der Waals surface area (Å²) >= 11 is 5.91. The molecule has 2 unspecified atom stereocenters. The normalized spacial score (nSPS) is 24.6. The lowest BCUT2D eigenvalue weighted by Crippen LogP contribution is -2.48. The number of halogens is 4. The number of anilines is 1. The monoisotopic (exact) mass is 293 g/mol. The number of piperidine rings is 1. The van der Waals surface area contributed by atoms with Crippen molar-refractivity contribution in [2.24, 2.45) is 11.7 Å². The van der Waals surface area contributed by atoms with Crippen molar-refractivity contribution in [1.29, 1.82) is 0 Å². The minimum Gasteiger partial charge on any atom is -0.354 e. The van der Waals surface area contributed by atoms with E-state index in [-0.39, 0.29) is 11.1 Å². The average molecular weight is 294 g/mol. The molecule has 2 rings (SSSR count). The highest BCUT2D eigenvalue weighted by molar-refractivity contribution is 6.33. The first-order valence-corrected chi connectivity index (χ1v) is 6.40. The number of pyridine rings is 1. The van der Waals surface area contributed by atoms with Gasteiger partial charge in [0.05, 0.1) is 10.6 Å². The number of nitrogens with two attached hydrogens (primary N) is 1. The van der Waals surface area contributed by atoms with Crippen molar-refractivity contribution >= 4 is 17.4 Å². The van der Waals surface area contributed by atoms with Crippen LogP contribution in [0.2, 0.25) is 5.02 Å². The van der Waals surface area contributed by atoms with E-state index in [4.69, 9.17) is 17.3 Å². The van der Waals surface area contributed by atoms with Crippen LogP contribution in [0.3, 0.4) is 0 Å². The van der Waals surface area contributed by atoms with Crippen molar-refractivity contribution in [1.82, 2.24) is 4.98 Å². The Morgan fingerprint density at radius 2 is 2.16 bits per heavy atom. The maximum absolute atomic E-state index is 12.5. The van der Waals surface area contributed by atoms with Gasteiger partial charge < -0.3 is 10.6 Å². The molecular weight excluding hydrogens is 279 g/mol. The highest BCUT2D eigenvalue weighted by Crippen LogP contribution is 2.34. The zero-order chi connectivity index (χ0) is 14.2. The number of alkyl halides is 3. The maximum atomic E-state index is 12.5. The predicted octanol–water partition coefficient (Wildman–Crippen LogP) is 2.93.